The van der Waals surface area contributed by atoms with Crippen LogP contribution in [-0.2, 0) is 0 Å². The van der Waals surface area contributed by atoms with Crippen LogP contribution in [0.4, 0.5) is 5.69 Å². The molecule has 0 bridgehead atoms. The lowest BCUT2D eigenvalue weighted by atomic mass is 10.1. The van der Waals surface area contributed by atoms with Crippen molar-refractivity contribution < 1.29 is 23.9 Å². The van der Waals surface area contributed by atoms with Crippen LogP contribution in [0.5, 0.6) is 11.5 Å². The van der Waals surface area contributed by atoms with E-state index in [2.05, 4.69) is 17.0 Å². The predicted molar refractivity (Wildman–Crippen MR) is 119 cm³/mol. The largest absolute Gasteiger partial charge is 0.497 e. The Bertz CT molecular complexity index is 1070. The molecular formula is C24H29N2O5+. The van der Waals surface area contributed by atoms with E-state index >= 15 is 0 Å². The number of benzene rings is 2. The number of aliphatic hydroxyl groups is 1. The second kappa shape index (κ2) is 9.41. The van der Waals surface area contributed by atoms with Crippen molar-refractivity contribution in [1.82, 2.24) is 0 Å². The number of aliphatic hydroxyl groups excluding tert-OH is 1. The molecule has 1 aromatic heterocycles. The molecule has 1 saturated heterocycles. The zero-order valence-corrected chi connectivity index (χ0v) is 18.0. The normalized spacial score (nSPS) is 15.8. The number of piperazine rings is 1. The fraction of sp³-hybridized carbons (Fsp3) is 0.375. The van der Waals surface area contributed by atoms with Gasteiger partial charge in [-0.1, -0.05) is 0 Å². The Morgan fingerprint density at radius 1 is 1.10 bits per heavy atom. The molecule has 7 nitrogen and oxygen atoms in total. The summed E-state index contributed by atoms with van der Waals surface area (Å²) in [6, 6.07) is 15.0. The van der Waals surface area contributed by atoms with Gasteiger partial charge in [0.05, 0.1) is 33.3 Å². The van der Waals surface area contributed by atoms with E-state index in [9.17, 15) is 9.90 Å². The van der Waals surface area contributed by atoms with Crippen molar-refractivity contribution in [2.45, 2.75) is 13.0 Å². The Kier molecular flexibility index (Phi) is 6.44. The van der Waals surface area contributed by atoms with Gasteiger partial charge < -0.3 is 28.8 Å². The number of ether oxygens (including phenoxy) is 2. The SMILES string of the molecule is COc1ccc(N2CC[NH+](C[C@H](O)COc3ccc4c(C)cc(=O)oc4c3)CC2)cc1. The highest BCUT2D eigenvalue weighted by Crippen LogP contribution is 2.22. The van der Waals surface area contributed by atoms with Gasteiger partial charge in [-0.15, -0.1) is 0 Å². The highest BCUT2D eigenvalue weighted by molar-refractivity contribution is 5.81. The minimum Gasteiger partial charge on any atom is -0.497 e. The Morgan fingerprint density at radius 2 is 1.81 bits per heavy atom. The minimum atomic E-state index is -0.567. The number of quaternary nitrogens is 1. The van der Waals surface area contributed by atoms with Crippen molar-refractivity contribution in [3.63, 3.8) is 0 Å². The lowest BCUT2D eigenvalue weighted by molar-refractivity contribution is -0.903. The molecule has 2 N–H and O–H groups in total. The first-order valence-electron chi connectivity index (χ1n) is 10.6. The number of nitrogens with one attached hydrogen (secondary N) is 1. The van der Waals surface area contributed by atoms with Crippen LogP contribution < -0.4 is 24.9 Å². The highest BCUT2D eigenvalue weighted by Gasteiger charge is 2.23. The highest BCUT2D eigenvalue weighted by atomic mass is 16.5. The molecule has 4 rings (SSSR count). The Morgan fingerprint density at radius 3 is 2.52 bits per heavy atom. The summed E-state index contributed by atoms with van der Waals surface area (Å²) in [4.78, 5) is 15.3. The summed E-state index contributed by atoms with van der Waals surface area (Å²) in [6.07, 6.45) is -0.567. The smallest absolute Gasteiger partial charge is 0.336 e. The van der Waals surface area contributed by atoms with Gasteiger partial charge in [0.25, 0.3) is 0 Å². The second-order valence-corrected chi connectivity index (χ2v) is 8.01. The number of nitrogens with zero attached hydrogens (tertiary/aromatic N) is 1. The van der Waals surface area contributed by atoms with Crippen molar-refractivity contribution in [3.05, 3.63) is 64.5 Å². The summed E-state index contributed by atoms with van der Waals surface area (Å²) in [5.41, 5.74) is 2.19. The molecule has 0 radical (unpaired) electrons. The average molecular weight is 426 g/mol. The molecule has 0 aliphatic carbocycles. The lowest BCUT2D eigenvalue weighted by Crippen LogP contribution is -3.16. The summed E-state index contributed by atoms with van der Waals surface area (Å²) >= 11 is 0. The molecule has 164 valence electrons. The van der Waals surface area contributed by atoms with Gasteiger partial charge in [-0.3, -0.25) is 0 Å². The summed E-state index contributed by atoms with van der Waals surface area (Å²) in [6.45, 7) is 6.52. The third-order valence-corrected chi connectivity index (χ3v) is 5.80. The molecule has 3 aromatic rings. The van der Waals surface area contributed by atoms with Gasteiger partial charge in [-0.05, 0) is 48.9 Å². The van der Waals surface area contributed by atoms with Crippen LogP contribution >= 0.6 is 0 Å². The molecule has 0 spiro atoms. The molecule has 0 unspecified atom stereocenters. The van der Waals surface area contributed by atoms with Gasteiger partial charge in [-0.25, -0.2) is 4.79 Å². The van der Waals surface area contributed by atoms with Crippen molar-refractivity contribution in [2.24, 2.45) is 0 Å². The number of hydrogen-bond acceptors (Lipinski definition) is 6. The molecule has 0 saturated carbocycles. The maximum Gasteiger partial charge on any atom is 0.336 e. The molecule has 1 aliphatic heterocycles. The van der Waals surface area contributed by atoms with Crippen molar-refractivity contribution in [2.75, 3.05) is 51.3 Å². The van der Waals surface area contributed by atoms with E-state index in [0.29, 0.717) is 17.9 Å². The van der Waals surface area contributed by atoms with E-state index in [1.165, 1.54) is 16.7 Å². The van der Waals surface area contributed by atoms with Gasteiger partial charge in [0.15, 0.2) is 0 Å². The van der Waals surface area contributed by atoms with Gasteiger partial charge in [-0.2, -0.15) is 0 Å². The van der Waals surface area contributed by atoms with Crippen molar-refractivity contribution in [1.29, 1.82) is 0 Å². The molecular weight excluding hydrogens is 396 g/mol. The van der Waals surface area contributed by atoms with Gasteiger partial charge in [0.2, 0.25) is 0 Å². The van der Waals surface area contributed by atoms with Crippen molar-refractivity contribution >= 4 is 16.7 Å². The molecule has 1 aliphatic rings. The van der Waals surface area contributed by atoms with Gasteiger partial charge in [0.1, 0.15) is 36.3 Å². The van der Waals surface area contributed by atoms with Crippen LogP contribution in [0.25, 0.3) is 11.0 Å². The quantitative estimate of drug-likeness (QED) is 0.555. The van der Waals surface area contributed by atoms with Gasteiger partial charge >= 0.3 is 5.63 Å². The second-order valence-electron chi connectivity index (χ2n) is 8.01. The van der Waals surface area contributed by atoms with Crippen LogP contribution in [-0.4, -0.2) is 57.7 Å². The summed E-state index contributed by atoms with van der Waals surface area (Å²) < 4.78 is 16.2. The van der Waals surface area contributed by atoms with E-state index in [-0.39, 0.29) is 12.2 Å². The first-order chi connectivity index (χ1) is 15.0. The minimum absolute atomic E-state index is 0.202. The van der Waals surface area contributed by atoms with Crippen LogP contribution in [0.2, 0.25) is 0 Å². The van der Waals surface area contributed by atoms with E-state index in [1.54, 1.807) is 13.2 Å². The van der Waals surface area contributed by atoms with E-state index in [1.807, 2.05) is 31.2 Å². The fourth-order valence-corrected chi connectivity index (χ4v) is 4.06. The summed E-state index contributed by atoms with van der Waals surface area (Å²) in [5, 5.41) is 11.3. The number of anilines is 1. The Hall–Kier alpha value is -3.03. The van der Waals surface area contributed by atoms with Crippen LogP contribution in [0.15, 0.2) is 57.7 Å². The Labute approximate surface area is 181 Å². The zero-order valence-electron chi connectivity index (χ0n) is 18.0. The molecule has 31 heavy (non-hydrogen) atoms. The molecule has 1 atom stereocenters. The van der Waals surface area contributed by atoms with Gasteiger partial charge in [0, 0.05) is 23.2 Å². The number of fused-ring (bicyclic) bond motifs is 1. The van der Waals surface area contributed by atoms with Crippen molar-refractivity contribution in [3.8, 4) is 11.5 Å². The fourth-order valence-electron chi connectivity index (χ4n) is 4.06. The van der Waals surface area contributed by atoms with E-state index in [4.69, 9.17) is 13.9 Å². The molecule has 1 fully saturated rings. The third-order valence-electron chi connectivity index (χ3n) is 5.80. The summed E-state index contributed by atoms with van der Waals surface area (Å²) in [7, 11) is 1.67. The topological polar surface area (TPSA) is 76.6 Å². The number of rotatable bonds is 7. The molecule has 2 heterocycles. The van der Waals surface area contributed by atoms with Crippen LogP contribution in [0.3, 0.4) is 0 Å². The number of methoxy groups -OCH3 is 1. The maximum absolute atomic E-state index is 11.6. The van der Waals surface area contributed by atoms with Crippen LogP contribution in [0.1, 0.15) is 5.56 Å². The molecule has 2 aromatic carbocycles. The maximum atomic E-state index is 11.6. The number of aryl methyl sites for hydroxylation is 1. The lowest BCUT2D eigenvalue weighted by Gasteiger charge is -2.34. The first kappa shape index (κ1) is 21.2. The van der Waals surface area contributed by atoms with Crippen LogP contribution in [0, 0.1) is 6.92 Å². The first-order valence-corrected chi connectivity index (χ1v) is 10.6. The van der Waals surface area contributed by atoms with E-state index in [0.717, 1.165) is 42.9 Å². The summed E-state index contributed by atoms with van der Waals surface area (Å²) in [5.74, 6) is 1.44. The molecule has 7 heteroatoms. The van der Waals surface area contributed by atoms with E-state index < -0.39 is 6.10 Å². The third kappa shape index (κ3) is 5.18. The monoisotopic (exact) mass is 425 g/mol. The number of hydrogen-bond donors (Lipinski definition) is 2. The molecule has 0 amide bonds. The average Bonchev–Trinajstić information content (AvgIpc) is 2.78. The Balaban J connectivity index is 1.26. The predicted octanol–water partition coefficient (Wildman–Crippen LogP) is 1.25. The standard InChI is InChI=1S/C24H28N2O5/c1-17-13-24(28)31-23-14-21(7-8-22(17)23)30-16-19(27)15-25-9-11-26(12-10-25)18-3-5-20(29-2)6-4-18/h3-8,13-14,19,27H,9-12,15-16H2,1-2H3/p+1/t19-/m0/s1. The zero-order chi connectivity index (χ0) is 21.8.